The standard InChI is InChI=1S/C12H17BrN2O/c1-12(2,3)15-11(16)8-14-10-7-5-4-6-9(10)13/h4-7,14H,8H2,1-3H3,(H,15,16). The minimum absolute atomic E-state index is 0.0109. The maximum Gasteiger partial charge on any atom is 0.239 e. The zero-order chi connectivity index (χ0) is 12.2. The molecule has 0 radical (unpaired) electrons. The molecular formula is C12H17BrN2O. The highest BCUT2D eigenvalue weighted by atomic mass is 79.9. The first kappa shape index (κ1) is 13.0. The summed E-state index contributed by atoms with van der Waals surface area (Å²) in [5.74, 6) is -0.0109. The number of amides is 1. The second kappa shape index (κ2) is 5.34. The molecule has 0 fully saturated rings. The first-order chi connectivity index (χ1) is 7.38. The van der Waals surface area contributed by atoms with Crippen LogP contribution >= 0.6 is 15.9 Å². The van der Waals surface area contributed by atoms with Gasteiger partial charge < -0.3 is 10.6 Å². The number of anilines is 1. The van der Waals surface area contributed by atoms with Crippen LogP contribution in [-0.4, -0.2) is 18.0 Å². The van der Waals surface area contributed by atoms with E-state index in [0.29, 0.717) is 0 Å². The predicted molar refractivity (Wildman–Crippen MR) is 70.5 cm³/mol. The summed E-state index contributed by atoms with van der Waals surface area (Å²) in [5, 5.41) is 5.97. The summed E-state index contributed by atoms with van der Waals surface area (Å²) in [6, 6.07) is 7.72. The highest BCUT2D eigenvalue weighted by molar-refractivity contribution is 9.10. The van der Waals surface area contributed by atoms with Crippen molar-refractivity contribution >= 4 is 27.5 Å². The van der Waals surface area contributed by atoms with Gasteiger partial charge in [0.2, 0.25) is 5.91 Å². The number of carbonyl (C=O) groups is 1. The Kier molecular flexibility index (Phi) is 4.35. The van der Waals surface area contributed by atoms with Gasteiger partial charge in [0.15, 0.2) is 0 Å². The topological polar surface area (TPSA) is 41.1 Å². The zero-order valence-corrected chi connectivity index (χ0v) is 11.4. The van der Waals surface area contributed by atoms with E-state index in [1.807, 2.05) is 45.0 Å². The molecule has 1 amide bonds. The van der Waals surface area contributed by atoms with Crippen LogP contribution in [0.4, 0.5) is 5.69 Å². The molecule has 16 heavy (non-hydrogen) atoms. The highest BCUT2D eigenvalue weighted by Crippen LogP contribution is 2.20. The van der Waals surface area contributed by atoms with Gasteiger partial charge in [-0.2, -0.15) is 0 Å². The van der Waals surface area contributed by atoms with Gasteiger partial charge in [0.1, 0.15) is 0 Å². The molecule has 1 rings (SSSR count). The number of benzene rings is 1. The molecule has 0 heterocycles. The van der Waals surface area contributed by atoms with Gasteiger partial charge in [-0.15, -0.1) is 0 Å². The minimum Gasteiger partial charge on any atom is -0.375 e. The maximum atomic E-state index is 11.6. The third kappa shape index (κ3) is 4.66. The number of carbonyl (C=O) groups excluding carboxylic acids is 1. The SMILES string of the molecule is CC(C)(C)NC(=O)CNc1ccccc1Br. The zero-order valence-electron chi connectivity index (χ0n) is 9.80. The Hall–Kier alpha value is -1.03. The van der Waals surface area contributed by atoms with E-state index in [2.05, 4.69) is 26.6 Å². The Labute approximate surface area is 105 Å². The van der Waals surface area contributed by atoms with Crippen molar-refractivity contribution in [3.8, 4) is 0 Å². The lowest BCUT2D eigenvalue weighted by Crippen LogP contribution is -2.43. The summed E-state index contributed by atoms with van der Waals surface area (Å²) in [4.78, 5) is 11.6. The van der Waals surface area contributed by atoms with Crippen LogP contribution in [0.2, 0.25) is 0 Å². The third-order valence-corrected chi connectivity index (χ3v) is 2.52. The molecular weight excluding hydrogens is 268 g/mol. The fraction of sp³-hybridized carbons (Fsp3) is 0.417. The van der Waals surface area contributed by atoms with Gasteiger partial charge >= 0.3 is 0 Å². The van der Waals surface area contributed by atoms with E-state index in [0.717, 1.165) is 10.2 Å². The van der Waals surface area contributed by atoms with E-state index in [9.17, 15) is 4.79 Å². The number of para-hydroxylation sites is 1. The van der Waals surface area contributed by atoms with Gasteiger partial charge in [0, 0.05) is 15.7 Å². The van der Waals surface area contributed by atoms with Crippen molar-refractivity contribution in [2.45, 2.75) is 26.3 Å². The number of nitrogens with one attached hydrogen (secondary N) is 2. The molecule has 0 saturated heterocycles. The summed E-state index contributed by atoms with van der Waals surface area (Å²) in [7, 11) is 0. The van der Waals surface area contributed by atoms with Crippen LogP contribution in [0.1, 0.15) is 20.8 Å². The number of hydrogen-bond donors (Lipinski definition) is 2. The van der Waals surface area contributed by atoms with Gasteiger partial charge in [-0.1, -0.05) is 12.1 Å². The van der Waals surface area contributed by atoms with Crippen LogP contribution < -0.4 is 10.6 Å². The Bertz CT molecular complexity index is 372. The molecule has 4 heteroatoms. The van der Waals surface area contributed by atoms with Crippen molar-refractivity contribution in [2.75, 3.05) is 11.9 Å². The monoisotopic (exact) mass is 284 g/mol. The van der Waals surface area contributed by atoms with E-state index >= 15 is 0 Å². The van der Waals surface area contributed by atoms with Gasteiger partial charge in [-0.3, -0.25) is 4.79 Å². The van der Waals surface area contributed by atoms with Crippen molar-refractivity contribution in [3.63, 3.8) is 0 Å². The van der Waals surface area contributed by atoms with Gasteiger partial charge in [0.25, 0.3) is 0 Å². The van der Waals surface area contributed by atoms with E-state index in [1.54, 1.807) is 0 Å². The lowest BCUT2D eigenvalue weighted by atomic mass is 10.1. The molecule has 1 aromatic carbocycles. The first-order valence-electron chi connectivity index (χ1n) is 5.18. The number of halogens is 1. The Balaban J connectivity index is 2.47. The average Bonchev–Trinajstić information content (AvgIpc) is 2.14. The predicted octanol–water partition coefficient (Wildman–Crippen LogP) is 2.78. The Morgan fingerprint density at radius 2 is 1.94 bits per heavy atom. The summed E-state index contributed by atoms with van der Waals surface area (Å²) < 4.78 is 0.957. The quantitative estimate of drug-likeness (QED) is 0.896. The summed E-state index contributed by atoms with van der Waals surface area (Å²) >= 11 is 3.41. The average molecular weight is 285 g/mol. The summed E-state index contributed by atoms with van der Waals surface area (Å²) in [6.07, 6.45) is 0. The normalized spacial score (nSPS) is 11.0. The Morgan fingerprint density at radius 1 is 1.31 bits per heavy atom. The minimum atomic E-state index is -0.188. The smallest absolute Gasteiger partial charge is 0.239 e. The third-order valence-electron chi connectivity index (χ3n) is 1.83. The largest absolute Gasteiger partial charge is 0.375 e. The van der Waals surface area contributed by atoms with E-state index in [1.165, 1.54) is 0 Å². The molecule has 0 aliphatic heterocycles. The molecule has 0 spiro atoms. The van der Waals surface area contributed by atoms with Crippen molar-refractivity contribution in [1.29, 1.82) is 0 Å². The van der Waals surface area contributed by atoms with Crippen LogP contribution in [0.5, 0.6) is 0 Å². The number of rotatable bonds is 3. The van der Waals surface area contributed by atoms with Crippen molar-refractivity contribution in [3.05, 3.63) is 28.7 Å². The molecule has 0 unspecified atom stereocenters. The molecule has 88 valence electrons. The van der Waals surface area contributed by atoms with E-state index < -0.39 is 0 Å². The molecule has 1 aromatic rings. The second-order valence-corrected chi connectivity index (χ2v) is 5.49. The lowest BCUT2D eigenvalue weighted by molar-refractivity contribution is -0.120. The Morgan fingerprint density at radius 3 is 2.50 bits per heavy atom. The van der Waals surface area contributed by atoms with Crippen LogP contribution in [-0.2, 0) is 4.79 Å². The van der Waals surface area contributed by atoms with Crippen LogP contribution in [0, 0.1) is 0 Å². The fourth-order valence-corrected chi connectivity index (χ4v) is 1.67. The molecule has 0 aliphatic rings. The van der Waals surface area contributed by atoms with Gasteiger partial charge in [-0.05, 0) is 48.8 Å². The molecule has 0 bridgehead atoms. The maximum absolute atomic E-state index is 11.6. The molecule has 0 atom stereocenters. The fourth-order valence-electron chi connectivity index (χ4n) is 1.24. The van der Waals surface area contributed by atoms with E-state index in [4.69, 9.17) is 0 Å². The van der Waals surface area contributed by atoms with Gasteiger partial charge in [0.05, 0.1) is 6.54 Å². The van der Waals surface area contributed by atoms with Gasteiger partial charge in [-0.25, -0.2) is 0 Å². The van der Waals surface area contributed by atoms with E-state index in [-0.39, 0.29) is 18.0 Å². The molecule has 3 nitrogen and oxygen atoms in total. The van der Waals surface area contributed by atoms with Crippen LogP contribution in [0.3, 0.4) is 0 Å². The molecule has 0 aliphatic carbocycles. The summed E-state index contributed by atoms with van der Waals surface area (Å²) in [6.45, 7) is 6.16. The second-order valence-electron chi connectivity index (χ2n) is 4.63. The highest BCUT2D eigenvalue weighted by Gasteiger charge is 2.13. The molecule has 0 saturated carbocycles. The van der Waals surface area contributed by atoms with Crippen molar-refractivity contribution < 1.29 is 4.79 Å². The van der Waals surface area contributed by atoms with Crippen molar-refractivity contribution in [2.24, 2.45) is 0 Å². The lowest BCUT2D eigenvalue weighted by Gasteiger charge is -2.20. The molecule has 0 aromatic heterocycles. The van der Waals surface area contributed by atoms with Crippen molar-refractivity contribution in [1.82, 2.24) is 5.32 Å². The first-order valence-corrected chi connectivity index (χ1v) is 5.97. The summed E-state index contributed by atoms with van der Waals surface area (Å²) in [5.41, 5.74) is 0.735. The molecule has 2 N–H and O–H groups in total. The number of hydrogen-bond acceptors (Lipinski definition) is 2. The van der Waals surface area contributed by atoms with Crippen LogP contribution in [0.15, 0.2) is 28.7 Å². The van der Waals surface area contributed by atoms with Crippen LogP contribution in [0.25, 0.3) is 0 Å².